The number of amides is 1. The molecule has 0 aromatic carbocycles. The summed E-state index contributed by atoms with van der Waals surface area (Å²) in [5, 5.41) is 6.04. The van der Waals surface area contributed by atoms with Crippen molar-refractivity contribution in [1.82, 2.24) is 10.6 Å². The van der Waals surface area contributed by atoms with Gasteiger partial charge >= 0.3 is 0 Å². The number of ether oxygens (including phenoxy) is 2. The van der Waals surface area contributed by atoms with Crippen molar-refractivity contribution in [3.05, 3.63) is 0 Å². The normalized spacial score (nSPS) is 21.1. The Balaban J connectivity index is 2.00. The fraction of sp³-hybridized carbons (Fsp3) is 0.909. The summed E-state index contributed by atoms with van der Waals surface area (Å²) in [6, 6.07) is 0.419. The maximum absolute atomic E-state index is 11.4. The summed E-state index contributed by atoms with van der Waals surface area (Å²) in [6.07, 6.45) is 0.516. The molecule has 2 N–H and O–H groups in total. The average Bonchev–Trinajstić information content (AvgIpc) is 2.27. The quantitative estimate of drug-likeness (QED) is 0.669. The smallest absolute Gasteiger partial charge is 0.221 e. The van der Waals surface area contributed by atoms with E-state index in [1.54, 1.807) is 0 Å². The zero-order valence-electron chi connectivity index (χ0n) is 10.1. The molecule has 1 fully saturated rings. The number of carbonyl (C=O) groups excluding carboxylic acids is 1. The van der Waals surface area contributed by atoms with Crippen LogP contribution in [0.15, 0.2) is 0 Å². The Kier molecular flexibility index (Phi) is 6.37. The van der Waals surface area contributed by atoms with Crippen LogP contribution in [0.25, 0.3) is 0 Å². The second-order valence-electron chi connectivity index (χ2n) is 4.23. The van der Waals surface area contributed by atoms with E-state index >= 15 is 0 Å². The molecular formula is C11H22N2O3. The number of nitrogens with one attached hydrogen (secondary N) is 2. The molecule has 0 spiro atoms. The molecule has 0 saturated carbocycles. The lowest BCUT2D eigenvalue weighted by Crippen LogP contribution is -2.40. The fourth-order valence-corrected chi connectivity index (χ4v) is 1.44. The Morgan fingerprint density at radius 1 is 1.44 bits per heavy atom. The summed E-state index contributed by atoms with van der Waals surface area (Å²) in [7, 11) is 0. The maximum atomic E-state index is 11.4. The van der Waals surface area contributed by atoms with E-state index < -0.39 is 0 Å². The fourth-order valence-electron chi connectivity index (χ4n) is 1.44. The van der Waals surface area contributed by atoms with Gasteiger partial charge in [-0.3, -0.25) is 4.79 Å². The molecule has 1 amide bonds. The van der Waals surface area contributed by atoms with Gasteiger partial charge in [-0.1, -0.05) is 13.8 Å². The monoisotopic (exact) mass is 230 g/mol. The Morgan fingerprint density at radius 2 is 2.25 bits per heavy atom. The van der Waals surface area contributed by atoms with Gasteiger partial charge in [0, 0.05) is 25.6 Å². The zero-order valence-corrected chi connectivity index (χ0v) is 10.1. The topological polar surface area (TPSA) is 59.6 Å². The molecular weight excluding hydrogens is 208 g/mol. The van der Waals surface area contributed by atoms with Gasteiger partial charge in [0.25, 0.3) is 0 Å². The highest BCUT2D eigenvalue weighted by Crippen LogP contribution is 1.98. The predicted molar refractivity (Wildman–Crippen MR) is 61.3 cm³/mol. The number of hydrogen-bond acceptors (Lipinski definition) is 4. The Morgan fingerprint density at radius 3 is 2.88 bits per heavy atom. The first kappa shape index (κ1) is 13.4. The number of carbonyl (C=O) groups is 1. The average molecular weight is 230 g/mol. The van der Waals surface area contributed by atoms with E-state index in [9.17, 15) is 4.79 Å². The molecule has 0 aliphatic carbocycles. The standard InChI is InChI=1S/C11H22N2O3/c1-9(2)12-4-3-11(14)13-7-10-8-15-5-6-16-10/h9-10,12H,3-8H2,1-2H3,(H,13,14). The third kappa shape index (κ3) is 6.05. The van der Waals surface area contributed by atoms with Crippen LogP contribution < -0.4 is 10.6 Å². The van der Waals surface area contributed by atoms with Gasteiger partial charge in [0.1, 0.15) is 0 Å². The van der Waals surface area contributed by atoms with Crippen molar-refractivity contribution in [1.29, 1.82) is 0 Å². The minimum Gasteiger partial charge on any atom is -0.376 e. The van der Waals surface area contributed by atoms with Gasteiger partial charge in [0.15, 0.2) is 0 Å². The molecule has 1 saturated heterocycles. The SMILES string of the molecule is CC(C)NCCC(=O)NCC1COCCO1. The van der Waals surface area contributed by atoms with Crippen LogP contribution in [-0.4, -0.2) is 51.0 Å². The van der Waals surface area contributed by atoms with Crippen LogP contribution in [-0.2, 0) is 14.3 Å². The van der Waals surface area contributed by atoms with Gasteiger partial charge in [-0.05, 0) is 0 Å². The predicted octanol–water partition coefficient (Wildman–Crippen LogP) is -0.0939. The Bertz CT molecular complexity index is 203. The van der Waals surface area contributed by atoms with Crippen LogP contribution >= 0.6 is 0 Å². The van der Waals surface area contributed by atoms with Crippen molar-refractivity contribution in [2.75, 3.05) is 32.9 Å². The molecule has 1 rings (SSSR count). The lowest BCUT2D eigenvalue weighted by Gasteiger charge is -2.23. The third-order valence-corrected chi connectivity index (χ3v) is 2.32. The summed E-state index contributed by atoms with van der Waals surface area (Å²) in [5.41, 5.74) is 0. The summed E-state index contributed by atoms with van der Waals surface area (Å²) in [5.74, 6) is 0.0577. The molecule has 1 aliphatic heterocycles. The van der Waals surface area contributed by atoms with Gasteiger partial charge in [-0.2, -0.15) is 0 Å². The first-order valence-electron chi connectivity index (χ1n) is 5.88. The lowest BCUT2D eigenvalue weighted by molar-refractivity contribution is -0.123. The molecule has 5 heteroatoms. The highest BCUT2D eigenvalue weighted by Gasteiger charge is 2.14. The molecule has 5 nitrogen and oxygen atoms in total. The molecule has 0 bridgehead atoms. The summed E-state index contributed by atoms with van der Waals surface area (Å²) in [4.78, 5) is 11.4. The first-order chi connectivity index (χ1) is 7.68. The van der Waals surface area contributed by atoms with E-state index in [2.05, 4.69) is 24.5 Å². The van der Waals surface area contributed by atoms with Crippen LogP contribution in [0.1, 0.15) is 20.3 Å². The van der Waals surface area contributed by atoms with Crippen LogP contribution in [0.4, 0.5) is 0 Å². The van der Waals surface area contributed by atoms with Crippen molar-refractivity contribution in [2.45, 2.75) is 32.4 Å². The Labute approximate surface area is 96.9 Å². The summed E-state index contributed by atoms with van der Waals surface area (Å²) in [6.45, 7) is 7.23. The van der Waals surface area contributed by atoms with E-state index in [0.717, 1.165) is 0 Å². The molecule has 94 valence electrons. The largest absolute Gasteiger partial charge is 0.376 e. The van der Waals surface area contributed by atoms with Gasteiger partial charge in [0.2, 0.25) is 5.91 Å². The molecule has 0 aromatic heterocycles. The van der Waals surface area contributed by atoms with Crippen molar-refractivity contribution < 1.29 is 14.3 Å². The zero-order chi connectivity index (χ0) is 11.8. The molecule has 0 radical (unpaired) electrons. The van der Waals surface area contributed by atoms with E-state index in [-0.39, 0.29) is 12.0 Å². The van der Waals surface area contributed by atoms with Crippen molar-refractivity contribution in [3.8, 4) is 0 Å². The Hall–Kier alpha value is -0.650. The van der Waals surface area contributed by atoms with Crippen molar-refractivity contribution >= 4 is 5.91 Å². The van der Waals surface area contributed by atoms with Crippen molar-refractivity contribution in [2.24, 2.45) is 0 Å². The van der Waals surface area contributed by atoms with E-state index in [0.29, 0.717) is 45.4 Å². The highest BCUT2D eigenvalue weighted by atomic mass is 16.6. The summed E-state index contributed by atoms with van der Waals surface area (Å²) >= 11 is 0. The maximum Gasteiger partial charge on any atom is 0.221 e. The van der Waals surface area contributed by atoms with Crippen LogP contribution in [0.5, 0.6) is 0 Å². The highest BCUT2D eigenvalue weighted by molar-refractivity contribution is 5.76. The molecule has 1 unspecified atom stereocenters. The minimum atomic E-state index is 0.00996. The minimum absolute atomic E-state index is 0.00996. The molecule has 1 aliphatic rings. The van der Waals surface area contributed by atoms with E-state index in [4.69, 9.17) is 9.47 Å². The van der Waals surface area contributed by atoms with Crippen molar-refractivity contribution in [3.63, 3.8) is 0 Å². The summed E-state index contributed by atoms with van der Waals surface area (Å²) < 4.78 is 10.7. The molecule has 16 heavy (non-hydrogen) atoms. The second kappa shape index (κ2) is 7.60. The second-order valence-corrected chi connectivity index (χ2v) is 4.23. The van der Waals surface area contributed by atoms with Crippen LogP contribution in [0, 0.1) is 0 Å². The van der Waals surface area contributed by atoms with Gasteiger partial charge < -0.3 is 20.1 Å². The van der Waals surface area contributed by atoms with Gasteiger partial charge in [0.05, 0.1) is 25.9 Å². The molecule has 1 heterocycles. The van der Waals surface area contributed by atoms with Gasteiger partial charge in [-0.15, -0.1) is 0 Å². The van der Waals surface area contributed by atoms with Gasteiger partial charge in [-0.25, -0.2) is 0 Å². The molecule has 1 atom stereocenters. The molecule has 0 aromatic rings. The third-order valence-electron chi connectivity index (χ3n) is 2.32. The van der Waals surface area contributed by atoms with Crippen LogP contribution in [0.2, 0.25) is 0 Å². The van der Waals surface area contributed by atoms with Crippen LogP contribution in [0.3, 0.4) is 0 Å². The van der Waals surface area contributed by atoms with E-state index in [1.165, 1.54) is 0 Å². The van der Waals surface area contributed by atoms with E-state index in [1.807, 2.05) is 0 Å². The number of rotatable bonds is 6. The first-order valence-corrected chi connectivity index (χ1v) is 5.88. The lowest BCUT2D eigenvalue weighted by atomic mass is 10.3. The number of hydrogen-bond donors (Lipinski definition) is 2.